The van der Waals surface area contributed by atoms with Crippen molar-refractivity contribution >= 4 is 156 Å². The molecule has 0 spiro atoms. The van der Waals surface area contributed by atoms with Crippen LogP contribution in [0.1, 0.15) is 102 Å². The Kier molecular flexibility index (Phi) is 27.7. The average Bonchev–Trinajstić information content (AvgIpc) is 0.828. The van der Waals surface area contributed by atoms with Gasteiger partial charge in [-0.05, 0) is 178 Å². The van der Waals surface area contributed by atoms with Crippen molar-refractivity contribution in [1.82, 2.24) is 59.8 Å². The zero-order valence-corrected chi connectivity index (χ0v) is 80.4. The van der Waals surface area contributed by atoms with E-state index >= 15 is 0 Å². The van der Waals surface area contributed by atoms with E-state index in [2.05, 4.69) is 122 Å². The number of carbonyl (C=O) groups excluding carboxylic acids is 4. The van der Waals surface area contributed by atoms with Crippen molar-refractivity contribution in [2.75, 3.05) is 133 Å². The molecular weight excluding hydrogens is 1950 g/mol. The number of benzene rings is 4. The number of pyridine rings is 4. The smallest absolute Gasteiger partial charge is 0.471 e. The van der Waals surface area contributed by atoms with Crippen LogP contribution in [0.15, 0.2) is 122 Å². The van der Waals surface area contributed by atoms with Crippen molar-refractivity contribution < 1.29 is 148 Å². The van der Waals surface area contributed by atoms with Gasteiger partial charge in [0.1, 0.15) is 36.7 Å². The molecule has 4 aromatic carbocycles. The molecule has 12 aromatic rings. The van der Waals surface area contributed by atoms with E-state index in [-0.39, 0.29) is 170 Å². The van der Waals surface area contributed by atoms with Crippen molar-refractivity contribution in [3.63, 3.8) is 0 Å². The second-order valence-electron chi connectivity index (χ2n) is 32.7. The van der Waals surface area contributed by atoms with E-state index in [1.165, 1.54) is 105 Å². The van der Waals surface area contributed by atoms with Crippen LogP contribution in [-0.4, -0.2) is 195 Å². The second-order valence-corrected chi connectivity index (χ2v) is 35.2. The largest absolute Gasteiger partial charge is 0.493 e. The fraction of sp³-hybridized carbons (Fsp3) is 0.297. The lowest BCUT2D eigenvalue weighted by atomic mass is 10.1. The third kappa shape index (κ3) is 25.8. The van der Waals surface area contributed by atoms with Gasteiger partial charge < -0.3 is 130 Å². The third-order valence-electron chi connectivity index (χ3n) is 20.4. The molecule has 0 bridgehead atoms. The van der Waals surface area contributed by atoms with Crippen molar-refractivity contribution in [3.8, 4) is 69.0 Å². The van der Waals surface area contributed by atoms with Crippen LogP contribution < -0.4 is 120 Å². The number of hydrogen-bond donors (Lipinski definition) is 14. The van der Waals surface area contributed by atoms with Gasteiger partial charge in [0.2, 0.25) is 23.8 Å². The topological polar surface area (TPSA) is 594 Å². The molecule has 0 unspecified atom stereocenters. The molecule has 4 aliphatic rings. The number of anilines is 20. The quantitative estimate of drug-likeness (QED) is 0.0147. The van der Waals surface area contributed by atoms with Crippen LogP contribution in [0.25, 0.3) is 0 Å². The first kappa shape index (κ1) is 91.1. The fourth-order valence-corrected chi connectivity index (χ4v) is 14.2. The molecule has 12 heterocycles. The highest BCUT2D eigenvalue weighted by Gasteiger charge is 2.46. The summed E-state index contributed by atoms with van der Waals surface area (Å²) in [7, 11) is -15.2. The molecule has 16 rings (SSSR count). The summed E-state index contributed by atoms with van der Waals surface area (Å²) >= 11 is 0. The summed E-state index contributed by atoms with van der Waals surface area (Å²) in [4.78, 5) is 138. The van der Waals surface area contributed by atoms with Gasteiger partial charge in [0, 0.05) is 47.0 Å². The number of methoxy groups -OCH3 is 8. The number of phosphoric acid groups is 2. The predicted molar refractivity (Wildman–Crippen MR) is 522 cm³/mol. The summed E-state index contributed by atoms with van der Waals surface area (Å²) in [6.07, 6.45) is 3.70. The van der Waals surface area contributed by atoms with Crippen molar-refractivity contribution in [1.29, 1.82) is 0 Å². The number of halogens is 4. The highest BCUT2D eigenvalue weighted by atomic mass is 31.2. The molecule has 0 aliphatic carbocycles. The Balaban J connectivity index is 0.000000184. The summed E-state index contributed by atoms with van der Waals surface area (Å²) in [5.74, 6) is -4.11. The molecule has 4 amide bonds. The summed E-state index contributed by atoms with van der Waals surface area (Å²) in [5, 5.41) is 27.7. The number of carbonyl (C=O) groups is 4. The van der Waals surface area contributed by atoms with Gasteiger partial charge in [0.25, 0.3) is 23.6 Å². The van der Waals surface area contributed by atoms with Crippen molar-refractivity contribution in [2.24, 2.45) is 0 Å². The molecule has 0 saturated carbocycles. The Morgan fingerprint density at radius 2 is 0.628 bits per heavy atom. The van der Waals surface area contributed by atoms with Gasteiger partial charge in [-0.2, -0.15) is 19.9 Å². The lowest BCUT2D eigenvalue weighted by Crippen LogP contribution is -2.53. The maximum Gasteiger partial charge on any atom is 0.471 e. The maximum absolute atomic E-state index is 14.7. The van der Waals surface area contributed by atoms with Gasteiger partial charge in [-0.3, -0.25) is 38.0 Å². The van der Waals surface area contributed by atoms with Crippen molar-refractivity contribution in [3.05, 3.63) is 167 Å². The van der Waals surface area contributed by atoms with E-state index in [0.29, 0.717) is 56.5 Å². The van der Waals surface area contributed by atoms with E-state index in [1.807, 2.05) is 0 Å². The average molecular weight is 2070 g/mol. The summed E-state index contributed by atoms with van der Waals surface area (Å²) in [6.45, 7) is 17.4. The summed E-state index contributed by atoms with van der Waals surface area (Å²) < 4.78 is 242. The van der Waals surface area contributed by atoms with Crippen LogP contribution in [0.4, 0.5) is 134 Å². The summed E-state index contributed by atoms with van der Waals surface area (Å²) in [5.41, 5.74) is -1.29. The van der Waals surface area contributed by atoms with Gasteiger partial charge in [-0.15, -0.1) is 0 Å². The molecule has 4 aliphatic heterocycles. The number of fused-ring (bicyclic) bond motifs is 4. The number of aryl methyl sites for hydroxylation is 4. The first-order valence-corrected chi connectivity index (χ1v) is 44.9. The first-order valence-electron chi connectivity index (χ1n) is 47.8. The highest BCUT2D eigenvalue weighted by molar-refractivity contribution is 7.46. The Morgan fingerprint density at radius 1 is 0.366 bits per heavy atom. The minimum atomic E-state index is -4.94. The van der Waals surface area contributed by atoms with Gasteiger partial charge in [0.05, 0.1) is 97.8 Å². The number of amides is 4. The molecule has 54 heteroatoms. The molecular formula is C91H102F4N24O24P2. The van der Waals surface area contributed by atoms with E-state index in [9.17, 15) is 45.9 Å². The van der Waals surface area contributed by atoms with Gasteiger partial charge in [0.15, 0.2) is 161 Å². The lowest BCUT2D eigenvalue weighted by Gasteiger charge is -2.37. The van der Waals surface area contributed by atoms with E-state index in [1.54, 1.807) is 104 Å². The highest BCUT2D eigenvalue weighted by Crippen LogP contribution is 2.47. The van der Waals surface area contributed by atoms with Gasteiger partial charge in [-0.1, -0.05) is 7.43 Å². The fourth-order valence-electron chi connectivity index (χ4n) is 13.6. The van der Waals surface area contributed by atoms with Crippen LogP contribution in [0.3, 0.4) is 0 Å². The molecule has 0 atom stereocenters. The Bertz CT molecular complexity index is 7550. The Morgan fingerprint density at radius 3 is 0.897 bits per heavy atom. The lowest BCUT2D eigenvalue weighted by molar-refractivity contribution is -0.134. The number of hydrogen-bond acceptors (Lipinski definition) is 40. The number of aromatic nitrogens is 12. The van der Waals surface area contributed by atoms with Crippen LogP contribution in [-0.2, 0) is 37.4 Å². The van der Waals surface area contributed by atoms with Crippen molar-refractivity contribution in [2.45, 2.75) is 113 Å². The summed E-state index contributed by atoms with van der Waals surface area (Å²) in [6, 6.07) is 24.1. The number of nitrogens with one attached hydrogen (secondary N) is 10. The monoisotopic (exact) mass is 2060 g/mol. The number of phosphoric ester groups is 2. The number of nitrogens with zero attached hydrogens (tertiary/aromatic N) is 14. The molecule has 0 radical (unpaired) electrons. The van der Waals surface area contributed by atoms with E-state index in [0.717, 1.165) is 34.6 Å². The number of ether oxygens (including phenoxy) is 12. The van der Waals surface area contributed by atoms with Crippen LogP contribution in [0.2, 0.25) is 0 Å². The SMILES string of the molecule is C.[2H]C([2H])([2H])Oc1c(C)cc(Nc2ncc(F)c(Nc3ccc4c(n3)N(COP(=O)(O)O)C(=O)C(C)(C)O4)n2)cc1OC.[2H]C([2H])([2H])Oc1c(C)cc(Nc2ncc(F)c(Nc3ccc4c(n3)NC(=O)C(C)(C)O4)n2)cc1OC.[2H]C([2H])([2H])Oc1cc(Nc2ncc(F)c(Nc3ccc4c(n3)N(COP(=O)(O)O)C(=O)C(C)(C)O4)n2)cc(C)c1OC.[2H]C([2H])([2H])Oc1cc(Nc2ncc(F)c(Nc3ccc4c(n3)NC(=O)C(C)(C)O4)n2)cc(C)c1OC. The Hall–Kier alpha value is -16.4. The minimum Gasteiger partial charge on any atom is -0.493 e. The first-order chi connectivity index (χ1) is 72.6. The van der Waals surface area contributed by atoms with E-state index < -0.39 is 115 Å². The van der Waals surface area contributed by atoms with Gasteiger partial charge in [-0.25, -0.2) is 66.6 Å². The zero-order chi connectivity index (χ0) is 115. The van der Waals surface area contributed by atoms with Crippen LogP contribution >= 0.6 is 15.6 Å². The van der Waals surface area contributed by atoms with Gasteiger partial charge >= 0.3 is 15.6 Å². The standard InChI is InChI=1S/2C23H26FN6O8P.2C22H23FN6O4.CH4/c2*1-12-8-13(9-16(35-4)18(12)36-5)26-22-25-10-14(24)19(29-22)27-17-7-6-15-20(28-17)30(11-37-39(32,33)34)21(31)23(2,3)38-15;2*1-11-8-12(9-15(31-4)17(11)32-5)25-21-24-10-13(23)18(29-21)26-16-7-6-14-19(27-16)28-20(30)22(2,3)33-14;/h2*6-10H,11H2,1-5H3,(H2,32,33,34)(H2,25,26,27,28,29);2*6-10H,1-5H3,(H3,24,25,26,27,28,29,30);1H4/i5D3;4D3;5D3;4D3;. The predicted octanol–water partition coefficient (Wildman–Crippen LogP) is 15.3. The van der Waals surface area contributed by atoms with E-state index in [4.69, 9.17) is 92.9 Å². The minimum absolute atomic E-state index is 0. The van der Waals surface area contributed by atoms with Crippen LogP contribution in [0, 0.1) is 51.0 Å². The molecule has 0 saturated heterocycles. The third-order valence-corrected chi connectivity index (χ3v) is 21.3. The second kappa shape index (κ2) is 44.0. The van der Waals surface area contributed by atoms with Crippen LogP contribution in [0.5, 0.6) is 69.0 Å². The molecule has 14 N–H and O–H groups in total. The molecule has 8 aromatic heterocycles. The molecule has 48 nitrogen and oxygen atoms in total. The molecule has 768 valence electrons. The molecule has 145 heavy (non-hydrogen) atoms. The zero-order valence-electron chi connectivity index (χ0n) is 90.6. The number of rotatable bonds is 30. The molecule has 0 fully saturated rings. The normalized spacial score (nSPS) is 15.6. The maximum atomic E-state index is 14.7. The Labute approximate surface area is 842 Å².